The number of anilines is 2. The Morgan fingerprint density at radius 1 is 0.533 bits per heavy atom. The number of ether oxygens (including phenoxy) is 2. The molecular formula is C89H127FN7NaO9. The van der Waals surface area contributed by atoms with Crippen LogP contribution >= 0.6 is 0 Å². The third-order valence-corrected chi connectivity index (χ3v) is 23.9. The first-order chi connectivity index (χ1) is 50.3. The predicted molar refractivity (Wildman–Crippen MR) is 429 cm³/mol. The molecule has 6 N–H and O–H groups in total. The molecule has 0 radical (unpaired) electrons. The fraction of sp³-hybridized carbons (Fsp3) is 0.584. The third-order valence-electron chi connectivity index (χ3n) is 23.9. The molecule has 18 heteroatoms. The van der Waals surface area contributed by atoms with Gasteiger partial charge in [0.05, 0.1) is 49.4 Å². The zero-order valence-electron chi connectivity index (χ0n) is 63.9. The number of ketones is 2. The van der Waals surface area contributed by atoms with E-state index in [1.54, 1.807) is 19.9 Å². The van der Waals surface area contributed by atoms with Crippen LogP contribution in [0, 0.1) is 59.2 Å². The standard InChI is InChI=1S/C30H36N4O2.C20H21N3O.C11H18O.C10H16O2.C10H16O.C7H12O.CH4.FH.Na.H2O.H2/c35-30(33-29-18-27(29)21-6-2-1-3-7-21)32-28-13-12-24(25-8-4-5-9-26(25)28)22-10-11-23(31-19-22)20-34-14-16-36-17-15-34;21-20-8-7-17(18-3-1-2-4-19(18)20)15-5-6-16(22-13-15)14-23-9-11-24-12-10-23;1-8(12)10-7-11(10)9-5-3-2-4-6-9;11-10(12)9-6-8(9)7-4-2-1-3-5-7;1-9(11)7-8-10-5-3-2-4-6-10;8-6-7-4-2-1-3-5-7;;;;;/h4-5,8-13,19,21,27,29H,1-3,6-7,14-18,20H2,(H2,32,33,35);1-8,13H,9-12,14,21H2;9-11H,2-7H2,1H3;7-9H,1-6H2,(H,11,12);7-8,10H,2-6H2,1H3;6-7H,1-5H2;1H4;1H;;1H2;1H/q;;;;;;;;+1;;/p-1/b;;;;8-7+;;;;;;/t27-,29+;;10-,11-;8-,9+;;;;;;;/m0.11......./s1/i;;;;;;;;;;1+2. The molecule has 0 bridgehead atoms. The monoisotopic (exact) mass is 1480 g/mol. The van der Waals surface area contributed by atoms with E-state index in [0.29, 0.717) is 41.4 Å². The number of Topliss-reactive ketones (excluding diaryl/α,β-unsaturated/α-hetero) is 1. The van der Waals surface area contributed by atoms with Crippen LogP contribution in [0.4, 0.5) is 20.9 Å². The number of carboxylic acids is 1. The molecule has 2 aromatic heterocycles. The Bertz CT molecular complexity index is 3650. The SMILES string of the molecule is C.CC(=O)/C=C/C1CCCCC1.CC(=O)[C@H]1C[C@@H]1C1CCCCC1.F.Nc1ccc(-c2ccc(CN3CCOCC3)nc2)c2ccccc12.O=C(Nc1ccc(-c2ccc(CN3CCOCC3)nc2)c2ccccc12)N[C@@H]1C[C@H]1C1CCCCC1.O=C(O)[C@H]1C[C@@H]1C1CCCCC1.O=CC1CCCCC1.[3HH].[Na+].[OH-]. The van der Waals surface area contributed by atoms with E-state index in [1.165, 1.54) is 165 Å². The van der Waals surface area contributed by atoms with E-state index in [0.717, 1.165) is 177 Å². The summed E-state index contributed by atoms with van der Waals surface area (Å²) < 4.78 is 10.8. The number of urea groups is 1. The van der Waals surface area contributed by atoms with E-state index in [9.17, 15) is 24.0 Å². The van der Waals surface area contributed by atoms with E-state index < -0.39 is 5.97 Å². The van der Waals surface area contributed by atoms with Gasteiger partial charge >= 0.3 is 41.6 Å². The van der Waals surface area contributed by atoms with Gasteiger partial charge in [0.1, 0.15) is 12.1 Å². The van der Waals surface area contributed by atoms with Gasteiger partial charge in [0.2, 0.25) is 0 Å². The number of fused-ring (bicyclic) bond motifs is 2. The van der Waals surface area contributed by atoms with Crippen LogP contribution in [-0.2, 0) is 41.7 Å². The number of hydrogen-bond donors (Lipinski definition) is 4. The Labute approximate surface area is 661 Å². The number of carbonyl (C=O) groups is 5. The average molecular weight is 1480 g/mol. The van der Waals surface area contributed by atoms with Crippen LogP contribution in [0.15, 0.2) is 122 Å². The normalized spacial score (nSPS) is 23.2. The number of morpholine rings is 2. The summed E-state index contributed by atoms with van der Waals surface area (Å²) >= 11 is 0. The average Bonchev–Trinajstić information content (AvgIpc) is 1.58. The van der Waals surface area contributed by atoms with Crippen LogP contribution < -0.4 is 45.9 Å². The van der Waals surface area contributed by atoms with E-state index in [1.807, 2.05) is 42.7 Å². The number of halogens is 1. The van der Waals surface area contributed by atoms with Gasteiger partial charge in [-0.05, 0) is 152 Å². The molecule has 8 saturated carbocycles. The number of nitrogens with zero attached hydrogens (tertiary/aromatic N) is 4. The molecule has 16 rings (SSSR count). The van der Waals surface area contributed by atoms with Crippen molar-refractivity contribution in [1.29, 1.82) is 0 Å². The smallest absolute Gasteiger partial charge is 0.870 e. The van der Waals surface area contributed by atoms with Crippen LogP contribution in [0.25, 0.3) is 43.8 Å². The number of aliphatic carboxylic acids is 1. The number of aromatic nitrogens is 2. The summed E-state index contributed by atoms with van der Waals surface area (Å²) in [5.74, 6) is 6.11. The zero-order valence-corrected chi connectivity index (χ0v) is 65.9. The number of nitrogen functional groups attached to an aromatic ring is 1. The van der Waals surface area contributed by atoms with Crippen molar-refractivity contribution in [3.05, 3.63) is 133 Å². The molecule has 0 unspecified atom stereocenters. The van der Waals surface area contributed by atoms with Crippen molar-refractivity contribution < 1.29 is 79.7 Å². The van der Waals surface area contributed by atoms with Crippen molar-refractivity contribution in [3.8, 4) is 22.3 Å². The first kappa shape index (κ1) is 87.9. The second kappa shape index (κ2) is 45.8. The van der Waals surface area contributed by atoms with E-state index in [-0.39, 0.29) is 66.3 Å². The topological polar surface area (TPSA) is 236 Å². The van der Waals surface area contributed by atoms with Gasteiger partial charge in [0, 0.05) is 98.6 Å². The number of pyridine rings is 2. The minimum Gasteiger partial charge on any atom is -0.870 e. The van der Waals surface area contributed by atoms with Crippen LogP contribution in [0.3, 0.4) is 0 Å². The Balaban J connectivity index is 0.000000219. The summed E-state index contributed by atoms with van der Waals surface area (Å²) in [6, 6.07) is 33.5. The van der Waals surface area contributed by atoms with Gasteiger partial charge in [-0.15, -0.1) is 0 Å². The second-order valence-corrected chi connectivity index (χ2v) is 31.5. The van der Waals surface area contributed by atoms with Crippen LogP contribution in [0.5, 0.6) is 0 Å². The molecule has 10 aliphatic rings. The molecule has 6 atom stereocenters. The van der Waals surface area contributed by atoms with Crippen molar-refractivity contribution in [2.45, 2.75) is 220 Å². The molecule has 2 aliphatic heterocycles. The predicted octanol–water partition coefficient (Wildman–Crippen LogP) is 16.6. The minimum atomic E-state index is -0.564. The summed E-state index contributed by atoms with van der Waals surface area (Å²) in [5.41, 5.74) is 14.4. The van der Waals surface area contributed by atoms with Gasteiger partial charge in [-0.2, -0.15) is 0 Å². The number of nitrogens with two attached hydrogens (primary N) is 1. The molecule has 8 aliphatic carbocycles. The number of aldehydes is 1. The molecule has 580 valence electrons. The number of carbonyl (C=O) groups excluding carboxylic acids is 4. The van der Waals surface area contributed by atoms with Crippen molar-refractivity contribution >= 4 is 62.8 Å². The number of nitrogens with one attached hydrogen (secondary N) is 2. The molecule has 6 aromatic rings. The Kier molecular flexibility index (Phi) is 37.6. The summed E-state index contributed by atoms with van der Waals surface area (Å²) in [4.78, 5) is 69.5. The molecule has 4 aromatic carbocycles. The fourth-order valence-corrected chi connectivity index (χ4v) is 17.6. The van der Waals surface area contributed by atoms with Gasteiger partial charge < -0.3 is 41.2 Å². The van der Waals surface area contributed by atoms with Gasteiger partial charge in [0.25, 0.3) is 0 Å². The molecule has 4 heterocycles. The number of amides is 2. The first-order valence-electron chi connectivity index (χ1n) is 40.1. The fourth-order valence-electron chi connectivity index (χ4n) is 17.6. The van der Waals surface area contributed by atoms with Crippen LogP contribution in [-0.4, -0.2) is 119 Å². The van der Waals surface area contributed by atoms with Gasteiger partial charge in [-0.25, -0.2) is 4.79 Å². The molecule has 2 amide bonds. The first-order valence-corrected chi connectivity index (χ1v) is 40.1. The molecule has 16 nitrogen and oxygen atoms in total. The number of rotatable bonds is 16. The Hall–Kier alpha value is -6.28. The summed E-state index contributed by atoms with van der Waals surface area (Å²) in [7, 11) is 0. The summed E-state index contributed by atoms with van der Waals surface area (Å²) in [5, 5.41) is 19.5. The van der Waals surface area contributed by atoms with Crippen molar-refractivity contribution in [1.82, 2.24) is 25.1 Å². The maximum absolute atomic E-state index is 12.8. The van der Waals surface area contributed by atoms with E-state index >= 15 is 0 Å². The molecular weight excluding hydrogens is 1350 g/mol. The molecule has 107 heavy (non-hydrogen) atoms. The Morgan fingerprint density at radius 3 is 1.37 bits per heavy atom. The summed E-state index contributed by atoms with van der Waals surface area (Å²) in [6.45, 7) is 12.2. The largest absolute Gasteiger partial charge is 1.00 e. The quantitative estimate of drug-likeness (QED) is 0.0305. The van der Waals surface area contributed by atoms with Crippen molar-refractivity contribution in [3.63, 3.8) is 0 Å². The number of benzene rings is 4. The maximum Gasteiger partial charge on any atom is 1.00 e. The maximum atomic E-state index is 12.8. The van der Waals surface area contributed by atoms with E-state index in [4.69, 9.17) is 25.3 Å². The zero-order chi connectivity index (χ0) is 71.7. The van der Waals surface area contributed by atoms with Crippen molar-refractivity contribution in [2.24, 2.45) is 59.2 Å². The molecule has 10 fully saturated rings. The second-order valence-electron chi connectivity index (χ2n) is 31.5. The van der Waals surface area contributed by atoms with E-state index in [2.05, 4.69) is 98.2 Å². The van der Waals surface area contributed by atoms with Gasteiger partial charge in [-0.3, -0.25) is 38.9 Å². The van der Waals surface area contributed by atoms with Crippen LogP contribution in [0.1, 0.15) is 214 Å². The minimum absolute atomic E-state index is 0. The number of carboxylic acid groups (broad SMARTS) is 1. The van der Waals surface area contributed by atoms with Crippen molar-refractivity contribution in [2.75, 3.05) is 63.7 Å². The summed E-state index contributed by atoms with van der Waals surface area (Å²) in [6.07, 6.45) is 45.3. The van der Waals surface area contributed by atoms with Gasteiger partial charge in [-0.1, -0.05) is 221 Å². The third kappa shape index (κ3) is 27.3. The number of allylic oxidation sites excluding steroid dienone is 2. The van der Waals surface area contributed by atoms with Gasteiger partial charge in [0.15, 0.2) is 5.78 Å². The van der Waals surface area contributed by atoms with Crippen LogP contribution in [0.2, 0.25) is 0 Å². The Morgan fingerprint density at radius 2 is 0.953 bits per heavy atom. The number of hydrogen-bond acceptors (Lipinski definition) is 13. The molecule has 0 spiro atoms. The molecule has 2 saturated heterocycles.